The molecule has 0 amide bonds. The number of hydrogen-bond acceptors (Lipinski definition) is 4. The molecule has 0 aliphatic carbocycles. The van der Waals surface area contributed by atoms with Crippen LogP contribution in [0.3, 0.4) is 0 Å². The number of carbonyl (C=O) groups excluding carboxylic acids is 1. The average Bonchev–Trinajstić information content (AvgIpc) is 2.69. The molecule has 18 heavy (non-hydrogen) atoms. The summed E-state index contributed by atoms with van der Waals surface area (Å²) in [5, 5.41) is 9.60. The van der Waals surface area contributed by atoms with E-state index >= 15 is 0 Å². The van der Waals surface area contributed by atoms with E-state index in [9.17, 15) is 4.79 Å². The van der Waals surface area contributed by atoms with Crippen LogP contribution >= 0.6 is 0 Å². The molecule has 5 heteroatoms. The summed E-state index contributed by atoms with van der Waals surface area (Å²) in [6.07, 6.45) is 1.09. The van der Waals surface area contributed by atoms with E-state index in [4.69, 9.17) is 10.00 Å². The molecule has 0 saturated heterocycles. The lowest BCUT2D eigenvalue weighted by Gasteiger charge is -2.19. The lowest BCUT2D eigenvalue weighted by Crippen LogP contribution is -2.26. The number of carbonyl (C=O) groups is 1. The van der Waals surface area contributed by atoms with Gasteiger partial charge in [0, 0.05) is 11.6 Å². The summed E-state index contributed by atoms with van der Waals surface area (Å²) in [5.41, 5.74) is 0.134. The molecule has 2 rings (SSSR count). The molecule has 0 atom stereocenters. The van der Waals surface area contributed by atoms with Crippen LogP contribution in [-0.2, 0) is 4.74 Å². The fraction of sp³-hybridized carbons (Fsp3) is 0.308. The molecular weight excluding hydrogens is 230 g/mol. The van der Waals surface area contributed by atoms with Crippen LogP contribution in [0.1, 0.15) is 26.5 Å². The minimum absolute atomic E-state index is 0.269. The van der Waals surface area contributed by atoms with E-state index in [0.717, 1.165) is 5.39 Å². The maximum Gasteiger partial charge on any atom is 0.420 e. The maximum atomic E-state index is 12.0. The number of fused-ring (bicyclic) bond motifs is 1. The Kier molecular flexibility index (Phi) is 2.79. The number of pyridine rings is 1. The molecule has 5 nitrogen and oxygen atoms in total. The predicted molar refractivity (Wildman–Crippen MR) is 66.1 cm³/mol. The molecule has 0 aromatic carbocycles. The van der Waals surface area contributed by atoms with Gasteiger partial charge >= 0.3 is 6.09 Å². The number of aromatic nitrogens is 2. The van der Waals surface area contributed by atoms with Crippen LogP contribution in [0.25, 0.3) is 11.0 Å². The van der Waals surface area contributed by atoms with Crippen LogP contribution in [0, 0.1) is 11.3 Å². The second-order valence-corrected chi connectivity index (χ2v) is 4.89. The number of nitrogens with zero attached hydrogens (tertiary/aromatic N) is 3. The quantitative estimate of drug-likeness (QED) is 0.713. The minimum Gasteiger partial charge on any atom is -0.443 e. The molecule has 2 aromatic heterocycles. The molecule has 0 saturated carbocycles. The third-order valence-corrected chi connectivity index (χ3v) is 2.24. The van der Waals surface area contributed by atoms with Crippen molar-refractivity contribution in [3.05, 3.63) is 30.1 Å². The molecule has 0 aliphatic rings. The van der Waals surface area contributed by atoms with E-state index in [-0.39, 0.29) is 5.69 Å². The summed E-state index contributed by atoms with van der Waals surface area (Å²) >= 11 is 0. The van der Waals surface area contributed by atoms with E-state index in [1.54, 1.807) is 45.2 Å². The zero-order valence-corrected chi connectivity index (χ0v) is 10.5. The molecule has 92 valence electrons. The van der Waals surface area contributed by atoms with Crippen molar-refractivity contribution >= 4 is 17.1 Å². The van der Waals surface area contributed by atoms with Gasteiger partial charge in [0.05, 0.1) is 0 Å². The summed E-state index contributed by atoms with van der Waals surface area (Å²) < 4.78 is 6.57. The fourth-order valence-electron chi connectivity index (χ4n) is 1.53. The summed E-state index contributed by atoms with van der Waals surface area (Å²) in [4.78, 5) is 16.1. The van der Waals surface area contributed by atoms with E-state index in [0.29, 0.717) is 5.65 Å². The third kappa shape index (κ3) is 2.33. The zero-order chi connectivity index (χ0) is 13.3. The Morgan fingerprint density at radius 1 is 1.39 bits per heavy atom. The fourth-order valence-corrected chi connectivity index (χ4v) is 1.53. The average molecular weight is 243 g/mol. The summed E-state index contributed by atoms with van der Waals surface area (Å²) in [6, 6.07) is 7.07. The number of hydrogen-bond donors (Lipinski definition) is 0. The Morgan fingerprint density at radius 2 is 2.11 bits per heavy atom. The zero-order valence-electron chi connectivity index (χ0n) is 10.5. The van der Waals surface area contributed by atoms with Crippen molar-refractivity contribution in [3.63, 3.8) is 0 Å². The van der Waals surface area contributed by atoms with Gasteiger partial charge in [0.15, 0.2) is 5.65 Å². The largest absolute Gasteiger partial charge is 0.443 e. The molecule has 0 spiro atoms. The molecule has 2 aromatic rings. The van der Waals surface area contributed by atoms with Crippen LogP contribution < -0.4 is 0 Å². The van der Waals surface area contributed by atoms with Gasteiger partial charge in [0.1, 0.15) is 17.4 Å². The smallest absolute Gasteiger partial charge is 0.420 e. The van der Waals surface area contributed by atoms with Gasteiger partial charge in [-0.25, -0.2) is 14.3 Å². The Balaban J connectivity index is 2.46. The lowest BCUT2D eigenvalue weighted by molar-refractivity contribution is 0.0543. The van der Waals surface area contributed by atoms with Crippen molar-refractivity contribution in [2.75, 3.05) is 0 Å². The highest BCUT2D eigenvalue weighted by Gasteiger charge is 2.19. The van der Waals surface area contributed by atoms with Gasteiger partial charge in [-0.15, -0.1) is 0 Å². The summed E-state index contributed by atoms with van der Waals surface area (Å²) in [6.45, 7) is 5.39. The second-order valence-electron chi connectivity index (χ2n) is 4.89. The van der Waals surface area contributed by atoms with Crippen molar-refractivity contribution in [3.8, 4) is 6.07 Å². The van der Waals surface area contributed by atoms with Gasteiger partial charge in [-0.3, -0.25) is 0 Å². The molecule has 2 heterocycles. The van der Waals surface area contributed by atoms with Crippen molar-refractivity contribution < 1.29 is 9.53 Å². The Bertz CT molecular complexity index is 644. The first kappa shape index (κ1) is 12.1. The molecule has 0 bridgehead atoms. The summed E-state index contributed by atoms with van der Waals surface area (Å²) in [7, 11) is 0. The molecule has 0 fully saturated rings. The van der Waals surface area contributed by atoms with Crippen molar-refractivity contribution in [1.82, 2.24) is 9.55 Å². The van der Waals surface area contributed by atoms with Crippen LogP contribution in [0.4, 0.5) is 4.79 Å². The Morgan fingerprint density at radius 3 is 2.72 bits per heavy atom. The highest BCUT2D eigenvalue weighted by atomic mass is 16.6. The van der Waals surface area contributed by atoms with Crippen molar-refractivity contribution in [2.24, 2.45) is 0 Å². The van der Waals surface area contributed by atoms with E-state index in [1.165, 1.54) is 4.57 Å². The van der Waals surface area contributed by atoms with Gasteiger partial charge in [0.25, 0.3) is 0 Å². The predicted octanol–water partition coefficient (Wildman–Crippen LogP) is 2.69. The maximum absolute atomic E-state index is 12.0. The summed E-state index contributed by atoms with van der Waals surface area (Å²) in [5.74, 6) is 0. The first-order valence-corrected chi connectivity index (χ1v) is 5.52. The van der Waals surface area contributed by atoms with Crippen LogP contribution in [0.15, 0.2) is 24.4 Å². The Labute approximate surface area is 105 Å². The number of rotatable bonds is 0. The first-order chi connectivity index (χ1) is 8.40. The van der Waals surface area contributed by atoms with Crippen molar-refractivity contribution in [2.45, 2.75) is 26.4 Å². The molecule has 0 radical (unpaired) electrons. The molecule has 0 N–H and O–H groups in total. The molecule has 0 aliphatic heterocycles. The molecule has 0 unspecified atom stereocenters. The molecular formula is C13H13N3O2. The Hall–Kier alpha value is -2.35. The number of ether oxygens (including phenoxy) is 1. The topological polar surface area (TPSA) is 67.9 Å². The van der Waals surface area contributed by atoms with E-state index in [2.05, 4.69) is 4.98 Å². The second kappa shape index (κ2) is 4.15. The minimum atomic E-state index is -0.569. The van der Waals surface area contributed by atoms with Gasteiger partial charge < -0.3 is 4.74 Å². The highest BCUT2D eigenvalue weighted by Crippen LogP contribution is 2.16. The van der Waals surface area contributed by atoms with Crippen LogP contribution in [0.5, 0.6) is 0 Å². The van der Waals surface area contributed by atoms with Crippen LogP contribution in [-0.4, -0.2) is 21.2 Å². The lowest BCUT2D eigenvalue weighted by atomic mass is 10.2. The van der Waals surface area contributed by atoms with Gasteiger partial charge in [-0.2, -0.15) is 5.26 Å². The number of nitriles is 1. The SMILES string of the molecule is CC(C)(C)OC(=O)n1ccc2ccc(C#N)nc21. The van der Waals surface area contributed by atoms with E-state index < -0.39 is 11.7 Å². The third-order valence-electron chi connectivity index (χ3n) is 2.24. The van der Waals surface area contributed by atoms with Gasteiger partial charge in [-0.1, -0.05) is 0 Å². The highest BCUT2D eigenvalue weighted by molar-refractivity contribution is 5.87. The van der Waals surface area contributed by atoms with E-state index in [1.807, 2.05) is 6.07 Å². The first-order valence-electron chi connectivity index (χ1n) is 5.52. The van der Waals surface area contributed by atoms with Gasteiger partial charge in [0.2, 0.25) is 0 Å². The van der Waals surface area contributed by atoms with Crippen LogP contribution in [0.2, 0.25) is 0 Å². The normalized spacial score (nSPS) is 11.2. The van der Waals surface area contributed by atoms with Gasteiger partial charge in [-0.05, 0) is 39.0 Å². The standard InChI is InChI=1S/C13H13N3O2/c1-13(2,3)18-12(17)16-7-6-9-4-5-10(8-14)15-11(9)16/h4-7H,1-3H3. The van der Waals surface area contributed by atoms with Crippen molar-refractivity contribution in [1.29, 1.82) is 5.26 Å². The monoisotopic (exact) mass is 243 g/mol.